The Hall–Kier alpha value is -1.65. The summed E-state index contributed by atoms with van der Waals surface area (Å²) >= 11 is 0. The van der Waals surface area contributed by atoms with E-state index in [1.807, 2.05) is 13.8 Å². The molecule has 0 atom stereocenters. The average Bonchev–Trinajstić information content (AvgIpc) is 2.62. The van der Waals surface area contributed by atoms with Crippen LogP contribution in [0.4, 0.5) is 0 Å². The summed E-state index contributed by atoms with van der Waals surface area (Å²) in [7, 11) is 0. The highest BCUT2D eigenvalue weighted by Gasteiger charge is 2.06. The summed E-state index contributed by atoms with van der Waals surface area (Å²) in [4.78, 5) is 15.9. The Kier molecular flexibility index (Phi) is 2.07. The third-order valence-corrected chi connectivity index (χ3v) is 2.22. The third-order valence-electron chi connectivity index (χ3n) is 2.22. The first-order valence-electron chi connectivity index (χ1n) is 4.68. The SMILES string of the molecule is CCn1cc2c(=O)n(CC)cnc2n1. The Balaban J connectivity index is 2.75. The maximum absolute atomic E-state index is 11.8. The molecule has 0 bridgehead atoms. The quantitative estimate of drug-likeness (QED) is 0.701. The second-order valence-corrected chi connectivity index (χ2v) is 3.06. The van der Waals surface area contributed by atoms with Gasteiger partial charge in [0.25, 0.3) is 5.56 Å². The minimum Gasteiger partial charge on any atom is -0.299 e. The van der Waals surface area contributed by atoms with Crippen LogP contribution in [0.2, 0.25) is 0 Å². The molecule has 5 heteroatoms. The van der Waals surface area contributed by atoms with E-state index in [1.54, 1.807) is 15.4 Å². The third kappa shape index (κ3) is 1.21. The van der Waals surface area contributed by atoms with E-state index in [-0.39, 0.29) is 5.56 Å². The van der Waals surface area contributed by atoms with E-state index in [1.165, 1.54) is 6.33 Å². The minimum atomic E-state index is -0.0165. The molecule has 5 nitrogen and oxygen atoms in total. The van der Waals surface area contributed by atoms with Gasteiger partial charge in [-0.15, -0.1) is 0 Å². The Labute approximate surface area is 81.0 Å². The van der Waals surface area contributed by atoms with Crippen molar-refractivity contribution in [3.63, 3.8) is 0 Å². The number of hydrogen-bond acceptors (Lipinski definition) is 3. The van der Waals surface area contributed by atoms with Crippen molar-refractivity contribution in [2.75, 3.05) is 0 Å². The van der Waals surface area contributed by atoms with E-state index < -0.39 is 0 Å². The highest BCUT2D eigenvalue weighted by Crippen LogP contribution is 2.02. The van der Waals surface area contributed by atoms with Gasteiger partial charge < -0.3 is 0 Å². The molecule has 0 spiro atoms. The van der Waals surface area contributed by atoms with Gasteiger partial charge in [-0.2, -0.15) is 5.10 Å². The molecule has 2 aromatic rings. The number of fused-ring (bicyclic) bond motifs is 1. The van der Waals surface area contributed by atoms with E-state index in [4.69, 9.17) is 0 Å². The first kappa shape index (κ1) is 8.93. The normalized spacial score (nSPS) is 11.0. The summed E-state index contributed by atoms with van der Waals surface area (Å²) in [6, 6.07) is 0. The molecule has 0 N–H and O–H groups in total. The van der Waals surface area contributed by atoms with Crippen molar-refractivity contribution >= 4 is 11.0 Å². The molecule has 0 fully saturated rings. The van der Waals surface area contributed by atoms with Crippen LogP contribution in [0.1, 0.15) is 13.8 Å². The van der Waals surface area contributed by atoms with Crippen molar-refractivity contribution < 1.29 is 0 Å². The van der Waals surface area contributed by atoms with Gasteiger partial charge in [-0.1, -0.05) is 0 Å². The van der Waals surface area contributed by atoms with Crippen LogP contribution in [0.5, 0.6) is 0 Å². The zero-order chi connectivity index (χ0) is 10.1. The molecule has 0 aliphatic heterocycles. The number of hydrogen-bond donors (Lipinski definition) is 0. The summed E-state index contributed by atoms with van der Waals surface area (Å²) in [5.41, 5.74) is 0.513. The lowest BCUT2D eigenvalue weighted by Crippen LogP contribution is -2.18. The Morgan fingerprint density at radius 3 is 2.79 bits per heavy atom. The van der Waals surface area contributed by atoms with Gasteiger partial charge in [-0.3, -0.25) is 14.0 Å². The molecule has 2 heterocycles. The van der Waals surface area contributed by atoms with Gasteiger partial charge in [0.2, 0.25) is 0 Å². The summed E-state index contributed by atoms with van der Waals surface area (Å²) in [6.07, 6.45) is 3.29. The lowest BCUT2D eigenvalue weighted by atomic mass is 10.4. The van der Waals surface area contributed by atoms with Crippen molar-refractivity contribution in [1.29, 1.82) is 0 Å². The standard InChI is InChI=1S/C9H12N4O/c1-3-12-6-10-8-7(9(12)14)5-13(4-2)11-8/h5-6H,3-4H2,1-2H3. The Bertz CT molecular complexity index is 511. The van der Waals surface area contributed by atoms with Gasteiger partial charge >= 0.3 is 0 Å². The van der Waals surface area contributed by atoms with Crippen LogP contribution < -0.4 is 5.56 Å². The van der Waals surface area contributed by atoms with E-state index in [0.29, 0.717) is 17.6 Å². The first-order valence-corrected chi connectivity index (χ1v) is 4.68. The molecule has 2 rings (SSSR count). The van der Waals surface area contributed by atoms with Gasteiger partial charge in [-0.25, -0.2) is 4.98 Å². The molecule has 0 radical (unpaired) electrons. The van der Waals surface area contributed by atoms with Crippen LogP contribution in [0, 0.1) is 0 Å². The van der Waals surface area contributed by atoms with E-state index in [0.717, 1.165) is 6.54 Å². The Morgan fingerprint density at radius 1 is 1.36 bits per heavy atom. The molecule has 0 unspecified atom stereocenters. The number of rotatable bonds is 2. The fourth-order valence-electron chi connectivity index (χ4n) is 1.38. The smallest absolute Gasteiger partial charge is 0.264 e. The van der Waals surface area contributed by atoms with Crippen molar-refractivity contribution in [3.05, 3.63) is 22.9 Å². The van der Waals surface area contributed by atoms with Crippen LogP contribution in [0.3, 0.4) is 0 Å². The molecule has 14 heavy (non-hydrogen) atoms. The molecule has 0 saturated heterocycles. The molecule has 74 valence electrons. The van der Waals surface area contributed by atoms with Crippen LogP contribution in [0.15, 0.2) is 17.3 Å². The number of nitrogens with zero attached hydrogens (tertiary/aromatic N) is 4. The molecular formula is C9H12N4O. The zero-order valence-electron chi connectivity index (χ0n) is 8.27. The molecule has 0 aliphatic carbocycles. The summed E-state index contributed by atoms with van der Waals surface area (Å²) in [5.74, 6) is 0. The fourth-order valence-corrected chi connectivity index (χ4v) is 1.38. The van der Waals surface area contributed by atoms with Crippen molar-refractivity contribution in [2.24, 2.45) is 0 Å². The predicted octanol–water partition coefficient (Wildman–Crippen LogP) is 0.633. The van der Waals surface area contributed by atoms with Crippen molar-refractivity contribution in [3.8, 4) is 0 Å². The van der Waals surface area contributed by atoms with Crippen LogP contribution >= 0.6 is 0 Å². The number of aryl methyl sites for hydroxylation is 2. The maximum Gasteiger partial charge on any atom is 0.264 e. The minimum absolute atomic E-state index is 0.0165. The topological polar surface area (TPSA) is 52.7 Å². The largest absolute Gasteiger partial charge is 0.299 e. The summed E-state index contributed by atoms with van der Waals surface area (Å²) < 4.78 is 3.29. The molecule has 0 aromatic carbocycles. The van der Waals surface area contributed by atoms with E-state index in [2.05, 4.69) is 10.1 Å². The Morgan fingerprint density at radius 2 is 2.14 bits per heavy atom. The molecule has 2 aromatic heterocycles. The van der Waals surface area contributed by atoms with Crippen molar-refractivity contribution in [1.82, 2.24) is 19.3 Å². The molecule has 0 amide bonds. The summed E-state index contributed by atoms with van der Waals surface area (Å²) in [5, 5.41) is 4.75. The second-order valence-electron chi connectivity index (χ2n) is 3.06. The van der Waals surface area contributed by atoms with E-state index >= 15 is 0 Å². The van der Waals surface area contributed by atoms with Gasteiger partial charge in [0.05, 0.1) is 0 Å². The molecule has 0 aliphatic rings. The fraction of sp³-hybridized carbons (Fsp3) is 0.444. The zero-order valence-corrected chi connectivity index (χ0v) is 8.27. The molecule has 0 saturated carbocycles. The van der Waals surface area contributed by atoms with Crippen LogP contribution in [-0.4, -0.2) is 19.3 Å². The van der Waals surface area contributed by atoms with Crippen LogP contribution in [0.25, 0.3) is 11.0 Å². The lowest BCUT2D eigenvalue weighted by Gasteiger charge is -1.97. The van der Waals surface area contributed by atoms with Gasteiger partial charge in [0.1, 0.15) is 11.7 Å². The number of aromatic nitrogens is 4. The lowest BCUT2D eigenvalue weighted by molar-refractivity contribution is 0.665. The van der Waals surface area contributed by atoms with Crippen molar-refractivity contribution in [2.45, 2.75) is 26.9 Å². The first-order chi connectivity index (χ1) is 6.76. The second kappa shape index (κ2) is 3.25. The summed E-state index contributed by atoms with van der Waals surface area (Å²) in [6.45, 7) is 5.28. The highest BCUT2D eigenvalue weighted by molar-refractivity contribution is 5.72. The predicted molar refractivity (Wildman–Crippen MR) is 53.1 cm³/mol. The van der Waals surface area contributed by atoms with Crippen LogP contribution in [-0.2, 0) is 13.1 Å². The van der Waals surface area contributed by atoms with Gasteiger partial charge in [-0.05, 0) is 13.8 Å². The van der Waals surface area contributed by atoms with Gasteiger partial charge in [0.15, 0.2) is 5.65 Å². The van der Waals surface area contributed by atoms with E-state index in [9.17, 15) is 4.79 Å². The molecular weight excluding hydrogens is 180 g/mol. The highest BCUT2D eigenvalue weighted by atomic mass is 16.1. The average molecular weight is 192 g/mol. The van der Waals surface area contributed by atoms with Gasteiger partial charge in [0, 0.05) is 19.3 Å². The maximum atomic E-state index is 11.8. The monoisotopic (exact) mass is 192 g/mol.